The van der Waals surface area contributed by atoms with Crippen molar-refractivity contribution in [1.82, 2.24) is 4.57 Å². The van der Waals surface area contributed by atoms with E-state index in [-0.39, 0.29) is 18.0 Å². The highest BCUT2D eigenvalue weighted by Crippen LogP contribution is 2.20. The summed E-state index contributed by atoms with van der Waals surface area (Å²) in [7, 11) is 0. The van der Waals surface area contributed by atoms with Crippen LogP contribution in [0.4, 0.5) is 5.69 Å². The number of carbonyl (C=O) groups excluding carboxylic acids is 1. The highest BCUT2D eigenvalue weighted by Gasteiger charge is 2.13. The quantitative estimate of drug-likeness (QED) is 0.946. The minimum Gasteiger partial charge on any atom is -0.323 e. The second-order valence-corrected chi connectivity index (χ2v) is 5.28. The molecule has 1 aromatic heterocycles. The summed E-state index contributed by atoms with van der Waals surface area (Å²) in [4.78, 5) is 24.3. The molecule has 0 saturated heterocycles. The number of hydrogen-bond acceptors (Lipinski definition) is 3. The van der Waals surface area contributed by atoms with Gasteiger partial charge in [0.05, 0.1) is 10.7 Å². The van der Waals surface area contributed by atoms with Gasteiger partial charge in [-0.15, -0.1) is 0 Å². The van der Waals surface area contributed by atoms with Crippen LogP contribution in [0.2, 0.25) is 5.02 Å². The number of hydrogen-bond donors (Lipinski definition) is 1. The molecule has 1 aromatic carbocycles. The highest BCUT2D eigenvalue weighted by atomic mass is 35.5. The van der Waals surface area contributed by atoms with Crippen LogP contribution in [0.15, 0.2) is 35.1 Å². The molecule has 112 valence electrons. The van der Waals surface area contributed by atoms with E-state index < -0.39 is 5.56 Å². The Balaban J connectivity index is 2.29. The lowest BCUT2D eigenvalue weighted by atomic mass is 10.1. The summed E-state index contributed by atoms with van der Waals surface area (Å²) in [6.07, 6.45) is 0. The van der Waals surface area contributed by atoms with Crippen LogP contribution in [0.1, 0.15) is 16.8 Å². The predicted molar refractivity (Wildman–Crippen MR) is 85.0 cm³/mol. The van der Waals surface area contributed by atoms with Gasteiger partial charge < -0.3 is 9.88 Å². The topological polar surface area (TPSA) is 74.9 Å². The summed E-state index contributed by atoms with van der Waals surface area (Å²) in [6.45, 7) is 3.24. The maximum absolute atomic E-state index is 12.2. The first-order valence-electron chi connectivity index (χ1n) is 6.59. The van der Waals surface area contributed by atoms with E-state index in [4.69, 9.17) is 16.9 Å². The summed E-state index contributed by atoms with van der Waals surface area (Å²) in [5.41, 5.74) is 1.29. The van der Waals surface area contributed by atoms with Gasteiger partial charge >= 0.3 is 0 Å². The van der Waals surface area contributed by atoms with Gasteiger partial charge in [0, 0.05) is 5.69 Å². The van der Waals surface area contributed by atoms with Crippen LogP contribution in [-0.2, 0) is 11.3 Å². The second kappa shape index (κ2) is 6.46. The van der Waals surface area contributed by atoms with Crippen molar-refractivity contribution >= 4 is 23.2 Å². The van der Waals surface area contributed by atoms with Crippen molar-refractivity contribution in [3.63, 3.8) is 0 Å². The molecule has 0 saturated carbocycles. The van der Waals surface area contributed by atoms with E-state index in [2.05, 4.69) is 5.32 Å². The number of amides is 1. The van der Waals surface area contributed by atoms with Gasteiger partial charge in [-0.05, 0) is 37.6 Å². The van der Waals surface area contributed by atoms with Crippen molar-refractivity contribution in [3.05, 3.63) is 62.5 Å². The summed E-state index contributed by atoms with van der Waals surface area (Å²) < 4.78 is 1.28. The molecule has 0 spiro atoms. The van der Waals surface area contributed by atoms with E-state index in [0.717, 1.165) is 0 Å². The maximum Gasteiger partial charge on any atom is 0.269 e. The fourth-order valence-electron chi connectivity index (χ4n) is 2.16. The molecule has 0 fully saturated rings. The lowest BCUT2D eigenvalue weighted by Gasteiger charge is -2.12. The fraction of sp³-hybridized carbons (Fsp3) is 0.188. The Bertz CT molecular complexity index is 834. The van der Waals surface area contributed by atoms with E-state index in [0.29, 0.717) is 22.0 Å². The summed E-state index contributed by atoms with van der Waals surface area (Å²) in [5, 5.41) is 12.1. The smallest absolute Gasteiger partial charge is 0.269 e. The van der Waals surface area contributed by atoms with Crippen molar-refractivity contribution in [2.75, 3.05) is 5.32 Å². The minimum atomic E-state index is -0.464. The molecule has 0 atom stereocenters. The molecule has 2 rings (SSSR count). The predicted octanol–water partition coefficient (Wildman–Crippen LogP) is 2.63. The van der Waals surface area contributed by atoms with E-state index in [1.165, 1.54) is 4.57 Å². The van der Waals surface area contributed by atoms with Crippen molar-refractivity contribution in [2.24, 2.45) is 0 Å². The van der Waals surface area contributed by atoms with Crippen LogP contribution in [0.5, 0.6) is 0 Å². The summed E-state index contributed by atoms with van der Waals surface area (Å²) in [6, 6.07) is 10.4. The lowest BCUT2D eigenvalue weighted by Crippen LogP contribution is -2.31. The fourth-order valence-corrected chi connectivity index (χ4v) is 2.34. The molecule has 0 unspecified atom stereocenters. The number of nitrogens with one attached hydrogen (secondary N) is 1. The number of benzene rings is 1. The molecule has 1 amide bonds. The average molecular weight is 316 g/mol. The average Bonchev–Trinajstić information content (AvgIpc) is 2.46. The van der Waals surface area contributed by atoms with Crippen LogP contribution >= 0.6 is 11.6 Å². The van der Waals surface area contributed by atoms with Gasteiger partial charge in [0.2, 0.25) is 5.91 Å². The van der Waals surface area contributed by atoms with Crippen molar-refractivity contribution in [3.8, 4) is 6.07 Å². The first kappa shape index (κ1) is 15.8. The number of halogens is 1. The molecule has 22 heavy (non-hydrogen) atoms. The summed E-state index contributed by atoms with van der Waals surface area (Å²) >= 11 is 5.98. The Hall–Kier alpha value is -2.58. The third-order valence-electron chi connectivity index (χ3n) is 3.27. The van der Waals surface area contributed by atoms with Gasteiger partial charge in [-0.3, -0.25) is 9.59 Å². The zero-order valence-electron chi connectivity index (χ0n) is 12.2. The number of aromatic nitrogens is 1. The van der Waals surface area contributed by atoms with Crippen molar-refractivity contribution in [2.45, 2.75) is 20.4 Å². The van der Waals surface area contributed by atoms with Gasteiger partial charge in [0.1, 0.15) is 18.2 Å². The van der Waals surface area contributed by atoms with Crippen LogP contribution in [0.3, 0.4) is 0 Å². The first-order chi connectivity index (χ1) is 10.4. The number of pyridine rings is 1. The third kappa shape index (κ3) is 3.18. The Morgan fingerprint density at radius 1 is 1.36 bits per heavy atom. The van der Waals surface area contributed by atoms with Crippen LogP contribution in [0.25, 0.3) is 0 Å². The normalized spacial score (nSPS) is 10.1. The van der Waals surface area contributed by atoms with Crippen LogP contribution < -0.4 is 10.9 Å². The molecule has 1 N–H and O–H groups in total. The number of anilines is 1. The van der Waals surface area contributed by atoms with Gasteiger partial charge in [-0.2, -0.15) is 5.26 Å². The Morgan fingerprint density at radius 3 is 2.68 bits per heavy atom. The number of rotatable bonds is 3. The van der Waals surface area contributed by atoms with Crippen LogP contribution in [-0.4, -0.2) is 10.5 Å². The second-order valence-electron chi connectivity index (χ2n) is 4.87. The molecule has 6 heteroatoms. The minimum absolute atomic E-state index is 0.0520. The van der Waals surface area contributed by atoms with Crippen molar-refractivity contribution < 1.29 is 4.79 Å². The molecule has 0 radical (unpaired) electrons. The number of aryl methyl sites for hydroxylation is 2. The number of nitrogens with zero attached hydrogens (tertiary/aromatic N) is 2. The molecular formula is C16H14ClN3O2. The zero-order valence-corrected chi connectivity index (χ0v) is 12.9. The molecular weight excluding hydrogens is 302 g/mol. The molecule has 0 bridgehead atoms. The largest absolute Gasteiger partial charge is 0.323 e. The maximum atomic E-state index is 12.2. The van der Waals surface area contributed by atoms with Gasteiger partial charge in [0.15, 0.2) is 0 Å². The number of nitriles is 1. The first-order valence-corrected chi connectivity index (χ1v) is 6.97. The SMILES string of the molecule is Cc1cc(C)n(CC(=O)Nc2ccccc2Cl)c(=O)c1C#N. The zero-order chi connectivity index (χ0) is 16.3. The van der Waals surface area contributed by atoms with E-state index in [1.54, 1.807) is 44.2 Å². The highest BCUT2D eigenvalue weighted by molar-refractivity contribution is 6.33. The van der Waals surface area contributed by atoms with Crippen molar-refractivity contribution in [1.29, 1.82) is 5.26 Å². The lowest BCUT2D eigenvalue weighted by molar-refractivity contribution is -0.116. The number of para-hydroxylation sites is 1. The monoisotopic (exact) mass is 315 g/mol. The van der Waals surface area contributed by atoms with E-state index in [9.17, 15) is 9.59 Å². The van der Waals surface area contributed by atoms with E-state index >= 15 is 0 Å². The third-order valence-corrected chi connectivity index (χ3v) is 3.60. The molecule has 1 heterocycles. The molecule has 0 aliphatic carbocycles. The molecule has 2 aromatic rings. The standard InChI is InChI=1S/C16H14ClN3O2/c1-10-7-11(2)20(16(22)12(10)8-18)9-15(21)19-14-6-4-3-5-13(14)17/h3-7H,9H2,1-2H3,(H,19,21). The molecule has 0 aliphatic rings. The Kier molecular flexibility index (Phi) is 4.64. The molecule has 0 aliphatic heterocycles. The van der Waals surface area contributed by atoms with Gasteiger partial charge in [-0.25, -0.2) is 0 Å². The Morgan fingerprint density at radius 2 is 2.05 bits per heavy atom. The summed E-state index contributed by atoms with van der Waals surface area (Å²) in [5.74, 6) is -0.383. The Labute approximate surface area is 132 Å². The number of carbonyl (C=O) groups is 1. The van der Waals surface area contributed by atoms with Gasteiger partial charge in [0.25, 0.3) is 5.56 Å². The van der Waals surface area contributed by atoms with E-state index in [1.807, 2.05) is 6.07 Å². The van der Waals surface area contributed by atoms with Gasteiger partial charge in [-0.1, -0.05) is 23.7 Å². The molecule has 5 nitrogen and oxygen atoms in total. The van der Waals surface area contributed by atoms with Crippen LogP contribution in [0, 0.1) is 25.2 Å².